The van der Waals surface area contributed by atoms with Crippen molar-refractivity contribution in [2.45, 2.75) is 22.6 Å². The molecule has 1 atom stereocenters. The van der Waals surface area contributed by atoms with E-state index in [0.717, 1.165) is 17.0 Å². The predicted molar refractivity (Wildman–Crippen MR) is 105 cm³/mol. The molecule has 2 aromatic rings. The summed E-state index contributed by atoms with van der Waals surface area (Å²) >= 11 is 1.62. The topological polar surface area (TPSA) is 66.5 Å². The molecule has 0 bridgehead atoms. The number of amides is 1. The average Bonchev–Trinajstić information content (AvgIpc) is 2.69. The number of rotatable bonds is 5. The van der Waals surface area contributed by atoms with E-state index >= 15 is 0 Å². The molecule has 144 valence electrons. The van der Waals surface area contributed by atoms with Gasteiger partial charge in [-0.2, -0.15) is 4.31 Å². The van der Waals surface area contributed by atoms with Crippen molar-refractivity contribution in [3.63, 3.8) is 0 Å². The number of thioether (sulfide) groups is 1. The lowest BCUT2D eigenvalue weighted by Gasteiger charge is -2.31. The van der Waals surface area contributed by atoms with Gasteiger partial charge in [0.05, 0.1) is 10.8 Å². The van der Waals surface area contributed by atoms with Gasteiger partial charge < -0.3 is 5.32 Å². The molecular formula is C19H21FN2O3S2. The summed E-state index contributed by atoms with van der Waals surface area (Å²) in [6.07, 6.45) is 3.21. The highest BCUT2D eigenvalue weighted by atomic mass is 32.2. The van der Waals surface area contributed by atoms with E-state index in [9.17, 15) is 17.6 Å². The normalized spacial score (nSPS) is 18.2. The molecule has 1 saturated heterocycles. The molecule has 1 amide bonds. The molecular weight excluding hydrogens is 387 g/mol. The Morgan fingerprint density at radius 2 is 1.81 bits per heavy atom. The van der Waals surface area contributed by atoms with Gasteiger partial charge in [-0.15, -0.1) is 11.8 Å². The summed E-state index contributed by atoms with van der Waals surface area (Å²) in [5.41, 5.74) is 0.691. The van der Waals surface area contributed by atoms with Crippen molar-refractivity contribution in [3.8, 4) is 0 Å². The van der Waals surface area contributed by atoms with Crippen molar-refractivity contribution < 1.29 is 17.6 Å². The zero-order valence-corrected chi connectivity index (χ0v) is 16.5. The molecule has 8 heteroatoms. The number of nitrogens with one attached hydrogen (secondary N) is 1. The van der Waals surface area contributed by atoms with Gasteiger partial charge in [0.2, 0.25) is 15.9 Å². The Morgan fingerprint density at radius 1 is 1.15 bits per heavy atom. The van der Waals surface area contributed by atoms with Gasteiger partial charge in [0.25, 0.3) is 0 Å². The lowest BCUT2D eigenvalue weighted by atomic mass is 9.99. The molecule has 1 aliphatic rings. The molecule has 0 saturated carbocycles. The number of hydrogen-bond acceptors (Lipinski definition) is 4. The van der Waals surface area contributed by atoms with E-state index < -0.39 is 21.8 Å². The Labute approximate surface area is 163 Å². The number of halogens is 1. The smallest absolute Gasteiger partial charge is 0.243 e. The van der Waals surface area contributed by atoms with Crippen LogP contribution in [-0.4, -0.2) is 38.0 Å². The molecule has 1 fully saturated rings. The van der Waals surface area contributed by atoms with Crippen LogP contribution in [0.2, 0.25) is 0 Å². The minimum atomic E-state index is -3.74. The largest absolute Gasteiger partial charge is 0.326 e. The third-order valence-corrected chi connectivity index (χ3v) is 7.19. The van der Waals surface area contributed by atoms with Gasteiger partial charge in [-0.1, -0.05) is 0 Å². The molecule has 1 heterocycles. The third kappa shape index (κ3) is 4.69. The Morgan fingerprint density at radius 3 is 2.44 bits per heavy atom. The minimum Gasteiger partial charge on any atom is -0.326 e. The van der Waals surface area contributed by atoms with Crippen LogP contribution >= 0.6 is 11.8 Å². The molecule has 3 rings (SSSR count). The van der Waals surface area contributed by atoms with E-state index in [1.165, 1.54) is 16.4 Å². The molecule has 0 unspecified atom stereocenters. The second-order valence-electron chi connectivity index (χ2n) is 6.37. The Bertz CT molecular complexity index is 900. The first kappa shape index (κ1) is 19.9. The van der Waals surface area contributed by atoms with Crippen molar-refractivity contribution in [2.24, 2.45) is 5.92 Å². The average molecular weight is 409 g/mol. The molecule has 0 aliphatic carbocycles. The molecule has 0 aromatic heterocycles. The van der Waals surface area contributed by atoms with Crippen molar-refractivity contribution in [2.75, 3.05) is 24.7 Å². The molecule has 0 radical (unpaired) electrons. The van der Waals surface area contributed by atoms with Gasteiger partial charge in [-0.25, -0.2) is 12.8 Å². The van der Waals surface area contributed by atoms with Crippen LogP contribution < -0.4 is 5.32 Å². The second kappa shape index (κ2) is 8.41. The molecule has 2 aromatic carbocycles. The van der Waals surface area contributed by atoms with E-state index in [2.05, 4.69) is 5.32 Å². The zero-order valence-electron chi connectivity index (χ0n) is 14.9. The van der Waals surface area contributed by atoms with Crippen molar-refractivity contribution in [3.05, 3.63) is 54.3 Å². The van der Waals surface area contributed by atoms with Gasteiger partial charge in [0.1, 0.15) is 5.82 Å². The van der Waals surface area contributed by atoms with Crippen molar-refractivity contribution in [1.29, 1.82) is 0 Å². The van der Waals surface area contributed by atoms with Crippen LogP contribution in [0, 0.1) is 11.7 Å². The van der Waals surface area contributed by atoms with E-state index in [4.69, 9.17) is 0 Å². The maximum Gasteiger partial charge on any atom is 0.243 e. The fourth-order valence-corrected chi connectivity index (χ4v) is 4.98. The lowest BCUT2D eigenvalue weighted by molar-refractivity contribution is -0.120. The first-order valence-corrected chi connectivity index (χ1v) is 11.3. The Hall–Kier alpha value is -1.90. The fourth-order valence-electron chi connectivity index (χ4n) is 3.05. The number of nitrogens with zero attached hydrogens (tertiary/aromatic N) is 1. The standard InChI is InChI=1S/C19H21FN2O3S2/c1-26-17-8-6-16(7-9-17)21-19(23)14-3-2-12-22(13-14)27(24,25)18-10-4-15(20)5-11-18/h4-11,14H,2-3,12-13H2,1H3,(H,21,23)/t14-/m1/s1. The highest BCUT2D eigenvalue weighted by molar-refractivity contribution is 7.98. The van der Waals surface area contributed by atoms with Gasteiger partial charge in [0.15, 0.2) is 0 Å². The monoisotopic (exact) mass is 408 g/mol. The number of benzene rings is 2. The maximum absolute atomic E-state index is 13.1. The summed E-state index contributed by atoms with van der Waals surface area (Å²) in [7, 11) is -3.74. The second-order valence-corrected chi connectivity index (χ2v) is 9.19. The number of sulfonamides is 1. The zero-order chi connectivity index (χ0) is 19.4. The van der Waals surface area contributed by atoms with Crippen LogP contribution in [0.4, 0.5) is 10.1 Å². The van der Waals surface area contributed by atoms with Gasteiger partial charge in [-0.3, -0.25) is 4.79 Å². The van der Waals surface area contributed by atoms with Crippen LogP contribution in [-0.2, 0) is 14.8 Å². The van der Waals surface area contributed by atoms with Gasteiger partial charge in [0, 0.05) is 23.7 Å². The molecule has 0 spiro atoms. The Balaban J connectivity index is 1.69. The number of hydrogen-bond donors (Lipinski definition) is 1. The summed E-state index contributed by atoms with van der Waals surface area (Å²) in [6, 6.07) is 12.3. The molecule has 1 aliphatic heterocycles. The number of carbonyl (C=O) groups excluding carboxylic acids is 1. The van der Waals surface area contributed by atoms with Crippen molar-refractivity contribution in [1.82, 2.24) is 4.31 Å². The highest BCUT2D eigenvalue weighted by Gasteiger charge is 2.33. The molecule has 5 nitrogen and oxygen atoms in total. The van der Waals surface area contributed by atoms with E-state index in [1.54, 1.807) is 11.8 Å². The van der Waals surface area contributed by atoms with Crippen LogP contribution in [0.1, 0.15) is 12.8 Å². The summed E-state index contributed by atoms with van der Waals surface area (Å²) < 4.78 is 39.9. The summed E-state index contributed by atoms with van der Waals surface area (Å²) in [6.45, 7) is 0.473. The van der Waals surface area contributed by atoms with E-state index in [0.29, 0.717) is 25.1 Å². The number of anilines is 1. The summed E-state index contributed by atoms with van der Waals surface area (Å²) in [4.78, 5) is 13.7. The number of piperidine rings is 1. The van der Waals surface area contributed by atoms with Gasteiger partial charge in [-0.05, 0) is 67.6 Å². The minimum absolute atomic E-state index is 0.0395. The van der Waals surface area contributed by atoms with Crippen LogP contribution in [0.5, 0.6) is 0 Å². The van der Waals surface area contributed by atoms with E-state index in [-0.39, 0.29) is 17.3 Å². The summed E-state index contributed by atoms with van der Waals surface area (Å²) in [5.74, 6) is -1.10. The van der Waals surface area contributed by atoms with Crippen molar-refractivity contribution >= 4 is 33.4 Å². The molecule has 27 heavy (non-hydrogen) atoms. The summed E-state index contributed by atoms with van der Waals surface area (Å²) in [5, 5.41) is 2.86. The van der Waals surface area contributed by atoms with Gasteiger partial charge >= 0.3 is 0 Å². The lowest BCUT2D eigenvalue weighted by Crippen LogP contribution is -2.43. The quantitative estimate of drug-likeness (QED) is 0.768. The third-order valence-electron chi connectivity index (χ3n) is 4.56. The fraction of sp³-hybridized carbons (Fsp3) is 0.316. The van der Waals surface area contributed by atoms with Crippen LogP contribution in [0.25, 0.3) is 0 Å². The van der Waals surface area contributed by atoms with E-state index in [1.807, 2.05) is 30.5 Å². The predicted octanol–water partition coefficient (Wildman–Crippen LogP) is 3.59. The van der Waals surface area contributed by atoms with Crippen LogP contribution in [0.3, 0.4) is 0 Å². The first-order chi connectivity index (χ1) is 12.9. The number of carbonyl (C=O) groups is 1. The first-order valence-electron chi connectivity index (χ1n) is 8.61. The Kier molecular flexibility index (Phi) is 6.18. The highest BCUT2D eigenvalue weighted by Crippen LogP contribution is 2.25. The maximum atomic E-state index is 13.1. The SMILES string of the molecule is CSc1ccc(NC(=O)[C@@H]2CCCN(S(=O)(=O)c3ccc(F)cc3)C2)cc1. The van der Waals surface area contributed by atoms with Crippen LogP contribution in [0.15, 0.2) is 58.3 Å². The molecule has 1 N–H and O–H groups in total.